The van der Waals surface area contributed by atoms with Crippen molar-refractivity contribution >= 4 is 11.4 Å². The molecule has 2 aromatic carbocycles. The first kappa shape index (κ1) is 61.6. The highest BCUT2D eigenvalue weighted by Crippen LogP contribution is 2.44. The molecule has 0 saturated heterocycles. The van der Waals surface area contributed by atoms with Gasteiger partial charge in [-0.2, -0.15) is 0 Å². The summed E-state index contributed by atoms with van der Waals surface area (Å²) in [4.78, 5) is 0. The lowest BCUT2D eigenvalue weighted by molar-refractivity contribution is -0.345. The predicted octanol–water partition coefficient (Wildman–Crippen LogP) is 22.9. The molecule has 0 amide bonds. The van der Waals surface area contributed by atoms with E-state index in [1.165, 1.54) is 263 Å². The number of nitrogens with zero attached hydrogens (tertiary/aromatic N) is 2. The van der Waals surface area contributed by atoms with Gasteiger partial charge in [-0.1, -0.05) is 267 Å². The molecule has 0 radical (unpaired) electrons. The Labute approximate surface area is 436 Å². The minimum atomic E-state index is 0.883. The number of benzene rings is 2. The number of rotatable bonds is 45. The molecule has 1 aliphatic rings. The molecule has 0 aromatic heterocycles. The van der Waals surface area contributed by atoms with E-state index in [1.807, 2.05) is 0 Å². The van der Waals surface area contributed by atoms with Crippen molar-refractivity contribution in [2.45, 2.75) is 325 Å². The zero-order valence-corrected chi connectivity index (χ0v) is 48.1. The Kier molecular flexibility index (Phi) is 35.0. The third kappa shape index (κ3) is 22.6. The lowest BCUT2D eigenvalue weighted by Crippen LogP contribution is -2.08. The topological polar surface area (TPSA) is 25.3 Å². The minimum absolute atomic E-state index is 0.883. The summed E-state index contributed by atoms with van der Waals surface area (Å²) in [5.41, 5.74) is 28.4. The van der Waals surface area contributed by atoms with E-state index in [4.69, 9.17) is 0 Å². The molecule has 1 aliphatic heterocycles. The monoisotopic (exact) mass is 959 g/mol. The first-order valence-electron chi connectivity index (χ1n) is 31.4. The van der Waals surface area contributed by atoms with Crippen molar-refractivity contribution in [3.8, 4) is 0 Å². The van der Waals surface area contributed by atoms with E-state index in [1.54, 1.807) is 15.8 Å². The molecule has 0 aliphatic carbocycles. The number of allylic oxidation sites excluding steroid dienone is 4. The van der Waals surface area contributed by atoms with Gasteiger partial charge in [-0.25, -0.2) is 4.70 Å². The molecule has 0 atom stereocenters. The summed E-state index contributed by atoms with van der Waals surface area (Å²) >= 11 is 0. The Morgan fingerprint density at radius 1 is 0.343 bits per heavy atom. The van der Waals surface area contributed by atoms with Crippen molar-refractivity contribution in [3.05, 3.63) is 97.6 Å². The third-order valence-electron chi connectivity index (χ3n) is 16.2. The fraction of sp³-hybridized carbons (Fsp3) is 0.735. The maximum absolute atomic E-state index is 12.6. The van der Waals surface area contributed by atoms with E-state index < -0.39 is 0 Å². The van der Waals surface area contributed by atoms with Crippen LogP contribution in [0.15, 0.2) is 47.6 Å². The molecule has 0 fully saturated rings. The van der Waals surface area contributed by atoms with Crippen LogP contribution in [0.25, 0.3) is 16.9 Å². The van der Waals surface area contributed by atoms with Crippen LogP contribution in [-0.2, 0) is 38.5 Å². The highest BCUT2D eigenvalue weighted by molar-refractivity contribution is 5.85. The van der Waals surface area contributed by atoms with E-state index >= 15 is 0 Å². The first-order chi connectivity index (χ1) is 34.4. The van der Waals surface area contributed by atoms with Crippen LogP contribution in [0.2, 0.25) is 0 Å². The Balaban J connectivity index is 1.53. The van der Waals surface area contributed by atoms with Gasteiger partial charge in [-0.15, -0.1) is 0 Å². The smallest absolute Gasteiger partial charge is 0.215 e. The van der Waals surface area contributed by atoms with E-state index in [2.05, 4.69) is 91.8 Å². The molecular formula is C68H114N2. The Hall–Kier alpha value is -2.74. The summed E-state index contributed by atoms with van der Waals surface area (Å²) < 4.78 is 1.62. The molecule has 0 N–H and O–H groups in total. The summed E-state index contributed by atoms with van der Waals surface area (Å²) in [5.74, 6) is 0. The van der Waals surface area contributed by atoms with Crippen molar-refractivity contribution in [2.24, 2.45) is 0 Å². The highest BCUT2D eigenvalue weighted by Gasteiger charge is 2.35. The highest BCUT2D eigenvalue weighted by atomic mass is 15.2. The SMILES string of the molecule is CCCCCCCCCCCCCCCCCCCCCCCCCCCCC=CC1=C(c2cc(CC)c(CCCCCC)c(CC)c2)[N+](=[N-])C(c2cc(CC)c(CCCCCC)c(CC)c2)=C1CC. The molecule has 3 rings (SSSR count). The number of hydrogen-bond donors (Lipinski definition) is 0. The van der Waals surface area contributed by atoms with Crippen molar-refractivity contribution < 1.29 is 4.70 Å². The molecule has 2 aromatic rings. The van der Waals surface area contributed by atoms with Gasteiger partial charge in [-0.05, 0) is 128 Å². The van der Waals surface area contributed by atoms with Gasteiger partial charge in [0.15, 0.2) is 0 Å². The molecule has 396 valence electrons. The molecule has 2 heteroatoms. The van der Waals surface area contributed by atoms with Crippen molar-refractivity contribution in [1.29, 1.82) is 0 Å². The van der Waals surface area contributed by atoms with Crippen LogP contribution < -0.4 is 0 Å². The van der Waals surface area contributed by atoms with Gasteiger partial charge in [0.2, 0.25) is 11.4 Å². The van der Waals surface area contributed by atoms with Crippen molar-refractivity contribution in [3.63, 3.8) is 0 Å². The predicted molar refractivity (Wildman–Crippen MR) is 313 cm³/mol. The van der Waals surface area contributed by atoms with Gasteiger partial charge < -0.3 is 5.53 Å². The summed E-state index contributed by atoms with van der Waals surface area (Å²) in [6.07, 6.45) is 60.8. The first-order valence-corrected chi connectivity index (χ1v) is 31.4. The largest absolute Gasteiger partial charge is 0.493 e. The van der Waals surface area contributed by atoms with Crippen LogP contribution in [0.4, 0.5) is 0 Å². The molecule has 2 nitrogen and oxygen atoms in total. The van der Waals surface area contributed by atoms with E-state index in [-0.39, 0.29) is 0 Å². The average Bonchev–Trinajstić information content (AvgIpc) is 3.66. The fourth-order valence-electron chi connectivity index (χ4n) is 11.7. The zero-order valence-electron chi connectivity index (χ0n) is 48.1. The number of aryl methyl sites for hydroxylation is 4. The maximum atomic E-state index is 12.6. The lowest BCUT2D eigenvalue weighted by Gasteiger charge is -2.18. The average molecular weight is 960 g/mol. The van der Waals surface area contributed by atoms with Gasteiger partial charge in [0.05, 0.1) is 5.57 Å². The second kappa shape index (κ2) is 39.7. The quantitative estimate of drug-likeness (QED) is 0.0467. The standard InChI is InChI=1S/C68H114N2/c1-9-17-20-23-24-25-26-27-28-29-30-31-32-33-34-35-36-37-38-39-40-41-42-43-44-45-46-49-52-66-63(16-8)67(61-53-57(12-4)64(58(13-5)54-61)50-47-21-18-10-2)70(69)68(66)62-55-59(14-6)65(60(15-7)56-62)51-48-22-19-11-3/h49,52-56H,9-48,50-51H2,1-8H3. The van der Waals surface area contributed by atoms with Crippen LogP contribution >= 0.6 is 0 Å². The molecule has 0 bridgehead atoms. The summed E-state index contributed by atoms with van der Waals surface area (Å²) in [6, 6.07) is 9.74. The summed E-state index contributed by atoms with van der Waals surface area (Å²) in [5, 5.41) is 0. The van der Waals surface area contributed by atoms with Gasteiger partial charge in [-0.3, -0.25) is 0 Å². The maximum Gasteiger partial charge on any atom is 0.215 e. The van der Waals surface area contributed by atoms with E-state index in [0.717, 1.165) is 62.8 Å². The van der Waals surface area contributed by atoms with Crippen LogP contribution in [0.3, 0.4) is 0 Å². The van der Waals surface area contributed by atoms with Crippen LogP contribution in [0, 0.1) is 0 Å². The Bertz CT molecular complexity index is 1730. The third-order valence-corrected chi connectivity index (χ3v) is 16.2. The zero-order chi connectivity index (χ0) is 50.4. The van der Waals surface area contributed by atoms with E-state index in [0.29, 0.717) is 0 Å². The normalized spacial score (nSPS) is 13.1. The number of hydrogen-bond acceptors (Lipinski definition) is 0. The lowest BCUT2D eigenvalue weighted by atomic mass is 9.88. The summed E-state index contributed by atoms with van der Waals surface area (Å²) in [7, 11) is 0. The van der Waals surface area contributed by atoms with Crippen LogP contribution in [0.5, 0.6) is 0 Å². The minimum Gasteiger partial charge on any atom is -0.493 e. The van der Waals surface area contributed by atoms with Gasteiger partial charge in [0.1, 0.15) is 0 Å². The Morgan fingerprint density at radius 3 is 0.929 bits per heavy atom. The van der Waals surface area contributed by atoms with Gasteiger partial charge in [0, 0.05) is 16.7 Å². The molecular weight excluding hydrogens is 845 g/mol. The fourth-order valence-corrected chi connectivity index (χ4v) is 11.7. The van der Waals surface area contributed by atoms with Crippen molar-refractivity contribution in [2.75, 3.05) is 0 Å². The molecule has 0 saturated carbocycles. The summed E-state index contributed by atoms with van der Waals surface area (Å²) in [6.45, 7) is 18.5. The van der Waals surface area contributed by atoms with Gasteiger partial charge >= 0.3 is 0 Å². The van der Waals surface area contributed by atoms with Crippen LogP contribution in [0.1, 0.15) is 331 Å². The second-order valence-corrected chi connectivity index (χ2v) is 21.9. The molecule has 70 heavy (non-hydrogen) atoms. The molecule has 0 spiro atoms. The van der Waals surface area contributed by atoms with E-state index in [9.17, 15) is 5.53 Å². The van der Waals surface area contributed by atoms with Crippen molar-refractivity contribution in [1.82, 2.24) is 0 Å². The molecule has 1 heterocycles. The molecule has 0 unspecified atom stereocenters. The second-order valence-electron chi connectivity index (χ2n) is 21.9. The Morgan fingerprint density at radius 2 is 0.629 bits per heavy atom. The van der Waals surface area contributed by atoms with Gasteiger partial charge in [0.25, 0.3) is 0 Å². The number of unbranched alkanes of at least 4 members (excludes halogenated alkanes) is 32. The van der Waals surface area contributed by atoms with Crippen LogP contribution in [-0.4, -0.2) is 4.70 Å².